The average molecular weight is 729 g/mol. The summed E-state index contributed by atoms with van der Waals surface area (Å²) in [6.07, 6.45) is 9.84. The number of nitrogens with one attached hydrogen (secondary N) is 2. The highest BCUT2D eigenvalue weighted by Crippen LogP contribution is 2.49. The second-order valence-corrected chi connectivity index (χ2v) is 15.9. The maximum atomic E-state index is 13.6. The van der Waals surface area contributed by atoms with Crippen molar-refractivity contribution in [2.75, 3.05) is 45.7 Å². The molecule has 2 N–H and O–H groups in total. The van der Waals surface area contributed by atoms with Crippen molar-refractivity contribution in [2.24, 2.45) is 12.5 Å². The highest BCUT2D eigenvalue weighted by molar-refractivity contribution is 6.32. The van der Waals surface area contributed by atoms with E-state index in [0.29, 0.717) is 24.4 Å². The summed E-state index contributed by atoms with van der Waals surface area (Å²) in [7, 11) is 5.32. The lowest BCUT2D eigenvalue weighted by Gasteiger charge is -2.46. The van der Waals surface area contributed by atoms with E-state index >= 15 is 0 Å². The van der Waals surface area contributed by atoms with Crippen LogP contribution < -0.4 is 20.9 Å². The van der Waals surface area contributed by atoms with Crippen LogP contribution in [0.5, 0.6) is 5.75 Å². The Morgan fingerprint density at radius 2 is 1.65 bits per heavy atom. The van der Waals surface area contributed by atoms with Crippen LogP contribution in [0.25, 0.3) is 0 Å². The molecule has 11 nitrogen and oxygen atoms in total. The number of halogens is 1. The molecule has 1 aromatic heterocycles. The first kappa shape index (κ1) is 36.2. The van der Waals surface area contributed by atoms with Crippen molar-refractivity contribution in [3.05, 3.63) is 86.3 Å². The second-order valence-electron chi connectivity index (χ2n) is 15.5. The normalized spacial score (nSPS) is 24.1. The molecule has 12 heteroatoms. The van der Waals surface area contributed by atoms with E-state index in [1.165, 1.54) is 15.8 Å². The van der Waals surface area contributed by atoms with Crippen molar-refractivity contribution in [3.63, 3.8) is 0 Å². The van der Waals surface area contributed by atoms with Gasteiger partial charge in [-0.05, 0) is 105 Å². The van der Waals surface area contributed by atoms with Gasteiger partial charge in [0.05, 0.1) is 24.9 Å². The number of aryl methyl sites for hydroxylation is 1. The summed E-state index contributed by atoms with van der Waals surface area (Å²) < 4.78 is 6.97. The van der Waals surface area contributed by atoms with Crippen LogP contribution >= 0.6 is 11.6 Å². The largest absolute Gasteiger partial charge is 0.496 e. The monoisotopic (exact) mass is 728 g/mol. The zero-order valence-corrected chi connectivity index (χ0v) is 31.1. The fourth-order valence-electron chi connectivity index (χ4n) is 9.08. The van der Waals surface area contributed by atoms with Gasteiger partial charge in [0.15, 0.2) is 0 Å². The molecule has 4 heterocycles. The first-order chi connectivity index (χ1) is 25.0. The molecule has 3 aliphatic heterocycles. The molecule has 276 valence electrons. The van der Waals surface area contributed by atoms with Crippen molar-refractivity contribution in [1.29, 1.82) is 0 Å². The van der Waals surface area contributed by atoms with Crippen LogP contribution in [0.1, 0.15) is 103 Å². The van der Waals surface area contributed by atoms with Crippen LogP contribution in [-0.4, -0.2) is 83.7 Å². The third-order valence-corrected chi connectivity index (χ3v) is 12.6. The fourth-order valence-corrected chi connectivity index (χ4v) is 9.31. The van der Waals surface area contributed by atoms with E-state index in [4.69, 9.17) is 16.3 Å². The molecule has 3 amide bonds. The van der Waals surface area contributed by atoms with Crippen LogP contribution in [0.3, 0.4) is 0 Å². The number of benzene rings is 2. The molecule has 1 spiro atoms. The van der Waals surface area contributed by atoms with Crippen molar-refractivity contribution >= 4 is 35.0 Å². The highest BCUT2D eigenvalue weighted by Gasteiger charge is 2.40. The summed E-state index contributed by atoms with van der Waals surface area (Å²) in [6.45, 7) is 3.29. The molecular formula is C40H49ClN6O5. The van der Waals surface area contributed by atoms with E-state index in [1.807, 2.05) is 23.1 Å². The molecule has 3 aromatic rings. The Labute approximate surface area is 310 Å². The summed E-state index contributed by atoms with van der Waals surface area (Å²) in [6, 6.07) is 14.5. The summed E-state index contributed by atoms with van der Waals surface area (Å²) in [4.78, 5) is 54.4. The fraction of sp³-hybridized carbons (Fsp3) is 0.525. The van der Waals surface area contributed by atoms with Gasteiger partial charge in [0.25, 0.3) is 11.5 Å². The molecule has 52 heavy (non-hydrogen) atoms. The van der Waals surface area contributed by atoms with Gasteiger partial charge in [-0.25, -0.2) is 4.68 Å². The molecule has 3 atom stereocenters. The number of likely N-dealkylation sites (N-methyl/N-ethyl adjacent to an activating group) is 1. The van der Waals surface area contributed by atoms with Crippen LogP contribution in [0.2, 0.25) is 5.02 Å². The molecular weight excluding hydrogens is 680 g/mol. The van der Waals surface area contributed by atoms with E-state index in [2.05, 4.69) is 51.9 Å². The van der Waals surface area contributed by atoms with Crippen molar-refractivity contribution in [3.8, 4) is 5.75 Å². The second kappa shape index (κ2) is 15.0. The van der Waals surface area contributed by atoms with Crippen LogP contribution in [0, 0.1) is 5.41 Å². The molecule has 3 saturated heterocycles. The molecule has 1 unspecified atom stereocenters. The molecule has 0 bridgehead atoms. The number of amides is 3. The van der Waals surface area contributed by atoms with Gasteiger partial charge < -0.3 is 19.9 Å². The third-order valence-electron chi connectivity index (χ3n) is 12.2. The quantitative estimate of drug-likeness (QED) is 0.308. The lowest BCUT2D eigenvalue weighted by molar-refractivity contribution is -0.134. The average Bonchev–Trinajstić information content (AvgIpc) is 3.15. The number of piperidine rings is 3. The van der Waals surface area contributed by atoms with Gasteiger partial charge in [-0.15, -0.1) is 0 Å². The smallest absolute Gasteiger partial charge is 0.287 e. The molecule has 1 aliphatic carbocycles. The van der Waals surface area contributed by atoms with E-state index in [1.54, 1.807) is 20.4 Å². The van der Waals surface area contributed by atoms with Gasteiger partial charge in [-0.3, -0.25) is 24.5 Å². The van der Waals surface area contributed by atoms with Gasteiger partial charge in [0, 0.05) is 56.8 Å². The van der Waals surface area contributed by atoms with Crippen molar-refractivity contribution in [1.82, 2.24) is 24.9 Å². The number of rotatable bonds is 7. The maximum Gasteiger partial charge on any atom is 0.287 e. The maximum absolute atomic E-state index is 13.6. The lowest BCUT2D eigenvalue weighted by Crippen LogP contribution is -2.44. The van der Waals surface area contributed by atoms with Crippen LogP contribution in [0.15, 0.2) is 53.5 Å². The number of aromatic nitrogens is 2. The third kappa shape index (κ3) is 7.48. The van der Waals surface area contributed by atoms with Crippen molar-refractivity contribution in [2.45, 2.75) is 81.6 Å². The number of carbonyl (C=O) groups is 3. The van der Waals surface area contributed by atoms with E-state index in [-0.39, 0.29) is 51.6 Å². The van der Waals surface area contributed by atoms with E-state index in [0.717, 1.165) is 88.0 Å². The van der Waals surface area contributed by atoms with Crippen LogP contribution in [-0.2, 0) is 16.6 Å². The Morgan fingerprint density at radius 3 is 2.35 bits per heavy atom. The minimum atomic E-state index is -0.366. The Bertz CT molecular complexity index is 1880. The molecule has 2 aromatic carbocycles. The molecule has 4 fully saturated rings. The number of hydrogen-bond acceptors (Lipinski definition) is 8. The number of methoxy groups -OCH3 is 1. The Morgan fingerprint density at radius 1 is 0.942 bits per heavy atom. The Balaban J connectivity index is 0.918. The zero-order valence-electron chi connectivity index (χ0n) is 30.3. The lowest BCUT2D eigenvalue weighted by atomic mass is 9.64. The van der Waals surface area contributed by atoms with E-state index < -0.39 is 0 Å². The van der Waals surface area contributed by atoms with Crippen molar-refractivity contribution < 1.29 is 19.1 Å². The molecule has 0 radical (unpaired) electrons. The zero-order chi connectivity index (χ0) is 36.6. The summed E-state index contributed by atoms with van der Waals surface area (Å²) in [5.74, 6) is 0.706. The number of ether oxygens (including phenoxy) is 1. The first-order valence-electron chi connectivity index (χ1n) is 18.6. The number of hydrogen-bond donors (Lipinski definition) is 2. The van der Waals surface area contributed by atoms with Gasteiger partial charge in [-0.1, -0.05) is 35.9 Å². The Kier molecular flexibility index (Phi) is 10.4. The summed E-state index contributed by atoms with van der Waals surface area (Å²) in [5.41, 5.74) is 4.53. The van der Waals surface area contributed by atoms with Gasteiger partial charge in [0.2, 0.25) is 11.8 Å². The predicted octanol–water partition coefficient (Wildman–Crippen LogP) is 5.44. The standard InChI is InChI=1S/C40H49ClN6O5/c1-45-23-29(20-30(24-45)43-33-22-42-46(2)39(51)36(33)41)25-4-6-27(7-5-25)38(50)47-18-16-40(17-19-47)14-12-26(13-15-40)28-8-9-31(34(21-28)52-3)32-10-11-35(48)44-37(32)49/h4-9,21-22,26,29-30,32,43H,10-20,23-24H2,1-3H3,(H,44,48,49)/t29-,30+,32?/m1/s1. The topological polar surface area (TPSA) is 126 Å². The Hall–Kier alpha value is -4.22. The molecule has 4 aliphatic rings. The number of likely N-dealkylation sites (tertiary alicyclic amines) is 2. The number of carbonyl (C=O) groups excluding carboxylic acids is 3. The highest BCUT2D eigenvalue weighted by atomic mass is 35.5. The minimum Gasteiger partial charge on any atom is -0.496 e. The van der Waals surface area contributed by atoms with Gasteiger partial charge in [0.1, 0.15) is 10.8 Å². The first-order valence-corrected chi connectivity index (χ1v) is 19.0. The van der Waals surface area contributed by atoms with E-state index in [9.17, 15) is 19.2 Å². The molecule has 1 saturated carbocycles. The number of imide groups is 1. The molecule has 7 rings (SSSR count). The summed E-state index contributed by atoms with van der Waals surface area (Å²) in [5, 5.41) is 10.2. The number of anilines is 1. The van der Waals surface area contributed by atoms with Gasteiger partial charge >= 0.3 is 0 Å². The minimum absolute atomic E-state index is 0.0978. The van der Waals surface area contributed by atoms with Crippen LogP contribution in [0.4, 0.5) is 5.69 Å². The predicted molar refractivity (Wildman–Crippen MR) is 200 cm³/mol. The summed E-state index contributed by atoms with van der Waals surface area (Å²) >= 11 is 6.33. The SMILES string of the molecule is COc1cc(C2CCC3(CC2)CCN(C(=O)c2ccc([C@@H]4C[C@H](Nc5cnn(C)c(=O)c5Cl)CN(C)C4)cc2)CC3)ccc1C1CCC(=O)NC1=O. The number of nitrogens with zero attached hydrogens (tertiary/aromatic N) is 4. The van der Waals surface area contributed by atoms with Gasteiger partial charge in [-0.2, -0.15) is 5.10 Å².